The molecule has 45 heavy (non-hydrogen) atoms. The molecule has 0 radical (unpaired) electrons. The van der Waals surface area contributed by atoms with E-state index in [1.165, 1.54) is 0 Å². The smallest absolute Gasteiger partial charge is 0.187 e. The molecular weight excluding hydrogens is 588 g/mol. The molecule has 3 saturated heterocycles. The predicted octanol–water partition coefficient (Wildman–Crippen LogP) is -0.435. The van der Waals surface area contributed by atoms with Crippen LogP contribution >= 0.6 is 0 Å². The second-order valence-electron chi connectivity index (χ2n) is 15.9. The third-order valence-corrected chi connectivity index (χ3v) is 14.2. The molecule has 7 aliphatic rings. The van der Waals surface area contributed by atoms with Crippen molar-refractivity contribution in [2.75, 3.05) is 13.2 Å². The topological polar surface area (TPSA) is 199 Å². The first-order valence-electron chi connectivity index (χ1n) is 16.9. The van der Waals surface area contributed by atoms with Crippen LogP contribution in [0.2, 0.25) is 0 Å². The number of rotatable bonds is 3. The van der Waals surface area contributed by atoms with Crippen molar-refractivity contribution < 1.29 is 59.8 Å². The highest BCUT2D eigenvalue weighted by atomic mass is 16.7. The van der Waals surface area contributed by atoms with Crippen molar-refractivity contribution in [2.45, 2.75) is 138 Å². The Hall–Kier alpha value is -0.740. The van der Waals surface area contributed by atoms with E-state index in [9.17, 15) is 40.9 Å². The first-order valence-corrected chi connectivity index (χ1v) is 16.9. The van der Waals surface area contributed by atoms with Gasteiger partial charge in [0.1, 0.15) is 48.3 Å². The van der Waals surface area contributed by atoms with Crippen molar-refractivity contribution in [3.8, 4) is 0 Å². The summed E-state index contributed by atoms with van der Waals surface area (Å²) in [7, 11) is 0. The number of fused-ring (bicyclic) bond motifs is 7. The normalized spacial score (nSPS) is 61.0. The van der Waals surface area contributed by atoms with Gasteiger partial charge in [0.15, 0.2) is 12.1 Å². The SMILES string of the molecule is C=C1CC[C@@]2(OC1)OC1CC3C4CCC5(O[C@@H]6O[C@H](CO)[C@@H](O)[C@H](O)[C@H]6O)C(O)C(O)C(O)C(O)C5(C)C4CCC3(C)C1C2C. The molecule has 0 aromatic heterocycles. The largest absolute Gasteiger partial charge is 0.394 e. The average Bonchev–Trinajstić information content (AvgIpc) is 3.47. The highest BCUT2D eigenvalue weighted by molar-refractivity contribution is 5.24. The number of hydrogen-bond donors (Lipinski definition) is 8. The molecule has 0 aromatic carbocycles. The lowest BCUT2D eigenvalue weighted by atomic mass is 9.41. The molecule has 13 unspecified atom stereocenters. The summed E-state index contributed by atoms with van der Waals surface area (Å²) in [6.07, 6.45) is -9.60. The summed E-state index contributed by atoms with van der Waals surface area (Å²) in [5.74, 6) is -0.0339. The zero-order valence-electron chi connectivity index (χ0n) is 26.4. The van der Waals surface area contributed by atoms with Crippen LogP contribution < -0.4 is 0 Å². The highest BCUT2D eigenvalue weighted by Crippen LogP contribution is 2.72. The van der Waals surface area contributed by atoms with Crippen LogP contribution in [0, 0.1) is 40.4 Å². The van der Waals surface area contributed by atoms with E-state index in [2.05, 4.69) is 20.4 Å². The molecule has 19 atom stereocenters. The molecule has 1 spiro atoms. The summed E-state index contributed by atoms with van der Waals surface area (Å²) in [5, 5.41) is 87.1. The molecule has 7 rings (SSSR count). The first kappa shape index (κ1) is 32.8. The Morgan fingerprint density at radius 1 is 0.867 bits per heavy atom. The summed E-state index contributed by atoms with van der Waals surface area (Å²) in [5.41, 5.74) is -1.96. The zero-order valence-corrected chi connectivity index (χ0v) is 26.4. The minimum atomic E-state index is -1.74. The van der Waals surface area contributed by atoms with Crippen LogP contribution in [0.5, 0.6) is 0 Å². The Morgan fingerprint density at radius 3 is 2.24 bits per heavy atom. The van der Waals surface area contributed by atoms with Crippen molar-refractivity contribution in [2.24, 2.45) is 40.4 Å². The summed E-state index contributed by atoms with van der Waals surface area (Å²) in [4.78, 5) is 0. The van der Waals surface area contributed by atoms with Crippen molar-refractivity contribution in [1.29, 1.82) is 0 Å². The van der Waals surface area contributed by atoms with Gasteiger partial charge in [0, 0.05) is 17.8 Å². The van der Waals surface area contributed by atoms with E-state index in [1.807, 2.05) is 0 Å². The maximum Gasteiger partial charge on any atom is 0.187 e. The quantitative estimate of drug-likeness (QED) is 0.147. The average molecular weight is 641 g/mol. The van der Waals surface area contributed by atoms with Crippen LogP contribution in [0.3, 0.4) is 0 Å². The van der Waals surface area contributed by atoms with Gasteiger partial charge >= 0.3 is 0 Å². The molecule has 3 heterocycles. The van der Waals surface area contributed by atoms with Crippen molar-refractivity contribution in [3.63, 3.8) is 0 Å². The highest BCUT2D eigenvalue weighted by Gasteiger charge is 2.76. The van der Waals surface area contributed by atoms with Gasteiger partial charge in [-0.2, -0.15) is 0 Å². The number of ether oxygens (including phenoxy) is 4. The van der Waals surface area contributed by atoms with E-state index >= 15 is 0 Å². The van der Waals surface area contributed by atoms with Gasteiger partial charge in [0.25, 0.3) is 0 Å². The molecular formula is C33H52O12. The van der Waals surface area contributed by atoms with Crippen molar-refractivity contribution in [3.05, 3.63) is 12.2 Å². The monoisotopic (exact) mass is 640 g/mol. The summed E-state index contributed by atoms with van der Waals surface area (Å²) < 4.78 is 25.3. The fourth-order valence-electron chi connectivity index (χ4n) is 11.8. The van der Waals surface area contributed by atoms with Gasteiger partial charge in [-0.3, -0.25) is 0 Å². The lowest BCUT2D eigenvalue weighted by molar-refractivity contribution is -0.398. The van der Waals surface area contributed by atoms with E-state index in [1.54, 1.807) is 6.92 Å². The molecule has 0 aromatic rings. The zero-order chi connectivity index (χ0) is 32.4. The summed E-state index contributed by atoms with van der Waals surface area (Å²) >= 11 is 0. The molecule has 12 heteroatoms. The number of aliphatic hydroxyl groups excluding tert-OH is 8. The second kappa shape index (κ2) is 10.9. The molecule has 0 bridgehead atoms. The lowest BCUT2D eigenvalue weighted by Gasteiger charge is -2.68. The molecule has 4 saturated carbocycles. The van der Waals surface area contributed by atoms with Gasteiger partial charge in [0.2, 0.25) is 0 Å². The third kappa shape index (κ3) is 4.21. The maximum atomic E-state index is 11.8. The predicted molar refractivity (Wildman–Crippen MR) is 156 cm³/mol. The number of aliphatic hydroxyl groups is 8. The van der Waals surface area contributed by atoms with Gasteiger partial charge < -0.3 is 59.8 Å². The first-order chi connectivity index (χ1) is 21.2. The summed E-state index contributed by atoms with van der Waals surface area (Å²) in [6, 6.07) is 0. The van der Waals surface area contributed by atoms with Crippen LogP contribution in [-0.2, 0) is 18.9 Å². The van der Waals surface area contributed by atoms with Crippen LogP contribution in [0.1, 0.15) is 65.7 Å². The fraction of sp³-hybridized carbons (Fsp3) is 0.939. The van der Waals surface area contributed by atoms with E-state index < -0.39 is 78.5 Å². The minimum absolute atomic E-state index is 0.0271. The van der Waals surface area contributed by atoms with Crippen molar-refractivity contribution in [1.82, 2.24) is 0 Å². The lowest BCUT2D eigenvalue weighted by Crippen LogP contribution is -2.79. The van der Waals surface area contributed by atoms with E-state index in [0.717, 1.165) is 31.3 Å². The molecule has 256 valence electrons. The molecule has 0 amide bonds. The second-order valence-corrected chi connectivity index (χ2v) is 15.9. The van der Waals surface area contributed by atoms with Crippen molar-refractivity contribution >= 4 is 0 Å². The fourth-order valence-corrected chi connectivity index (χ4v) is 11.8. The molecule has 4 aliphatic carbocycles. The van der Waals surface area contributed by atoms with E-state index in [0.29, 0.717) is 19.4 Å². The standard InChI is InChI=1S/C33H52O12/c1-14-5-10-33(42-13-14)15(2)21-19(44-33)11-18-16-6-9-32(45-29-26(39)23(36)22(35)20(12-34)43-29)28(41)25(38)24(37)27(40)31(32,4)17(16)7-8-30(18,21)3/h15-29,34-41H,1,5-13H2,2-4H3/t15?,16?,17?,18?,19?,20-,21?,22-,23+,24?,25?,26-,27?,28?,29+,30?,31?,32?,33-/m1/s1. The molecule has 7 fully saturated rings. The van der Waals surface area contributed by atoms with Gasteiger partial charge in [-0.15, -0.1) is 0 Å². The molecule has 3 aliphatic heterocycles. The van der Waals surface area contributed by atoms with Gasteiger partial charge in [0.05, 0.1) is 25.4 Å². The van der Waals surface area contributed by atoms with E-state index in [4.69, 9.17) is 18.9 Å². The Morgan fingerprint density at radius 2 is 1.58 bits per heavy atom. The Balaban J connectivity index is 1.21. The van der Waals surface area contributed by atoms with E-state index in [-0.39, 0.29) is 47.5 Å². The molecule has 12 nitrogen and oxygen atoms in total. The number of hydrogen-bond acceptors (Lipinski definition) is 12. The summed E-state index contributed by atoms with van der Waals surface area (Å²) in [6.45, 7) is 10.3. The van der Waals surface area contributed by atoms with Gasteiger partial charge in [-0.05, 0) is 67.6 Å². The van der Waals surface area contributed by atoms with Crippen LogP contribution in [0.25, 0.3) is 0 Å². The Bertz CT molecular complexity index is 1160. The van der Waals surface area contributed by atoms with Crippen LogP contribution in [0.15, 0.2) is 12.2 Å². The van der Waals surface area contributed by atoms with Crippen LogP contribution in [0.4, 0.5) is 0 Å². The Labute approximate surface area is 263 Å². The molecule has 8 N–H and O–H groups in total. The van der Waals surface area contributed by atoms with Crippen LogP contribution in [-0.4, -0.2) is 127 Å². The minimum Gasteiger partial charge on any atom is -0.394 e. The maximum absolute atomic E-state index is 11.8. The van der Waals surface area contributed by atoms with Gasteiger partial charge in [-0.25, -0.2) is 0 Å². The van der Waals surface area contributed by atoms with Gasteiger partial charge in [-0.1, -0.05) is 32.9 Å². The third-order valence-electron chi connectivity index (χ3n) is 14.2. The Kier molecular flexibility index (Phi) is 7.93.